The van der Waals surface area contributed by atoms with Crippen LogP contribution in [0, 0.1) is 18.3 Å². The van der Waals surface area contributed by atoms with Crippen LogP contribution in [-0.4, -0.2) is 11.2 Å². The van der Waals surface area contributed by atoms with E-state index < -0.39 is 12.2 Å². The van der Waals surface area contributed by atoms with E-state index in [4.69, 9.17) is 5.26 Å². The summed E-state index contributed by atoms with van der Waals surface area (Å²) in [6.45, 7) is 1.81. The van der Waals surface area contributed by atoms with Gasteiger partial charge in [-0.25, -0.2) is 4.72 Å². The zero-order valence-corrected chi connectivity index (χ0v) is 12.4. The van der Waals surface area contributed by atoms with Crippen molar-refractivity contribution >= 4 is 11.9 Å². The predicted octanol–water partition coefficient (Wildman–Crippen LogP) is 4.16. The first-order valence-corrected chi connectivity index (χ1v) is 7.12. The Morgan fingerprint density at radius 1 is 1.23 bits per heavy atom. The number of hydrogen-bond acceptors (Lipinski definition) is 4. The summed E-state index contributed by atoms with van der Waals surface area (Å²) >= 11 is 0.800. The van der Waals surface area contributed by atoms with Crippen LogP contribution in [0.1, 0.15) is 22.7 Å². The van der Waals surface area contributed by atoms with Crippen molar-refractivity contribution in [2.24, 2.45) is 0 Å². The zero-order valence-electron chi connectivity index (χ0n) is 11.6. The third-order valence-corrected chi connectivity index (χ3v) is 3.69. The largest absolute Gasteiger partial charge is 0.408 e. The Hall–Kier alpha value is -2.04. The van der Waals surface area contributed by atoms with Gasteiger partial charge < -0.3 is 0 Å². The third kappa shape index (κ3) is 4.23. The van der Waals surface area contributed by atoms with Gasteiger partial charge in [0.15, 0.2) is 0 Å². The highest BCUT2D eigenvalue weighted by Gasteiger charge is 2.40. The van der Waals surface area contributed by atoms with E-state index >= 15 is 0 Å². The smallest absolute Gasteiger partial charge is 0.262 e. The Balaban J connectivity index is 2.17. The number of nitrogens with zero attached hydrogens (tertiary/aromatic N) is 2. The second-order valence-corrected chi connectivity index (χ2v) is 5.54. The second-order valence-electron chi connectivity index (χ2n) is 4.63. The minimum Gasteiger partial charge on any atom is -0.262 e. The number of aromatic nitrogens is 1. The molecule has 1 aromatic carbocycles. The molecule has 0 saturated carbocycles. The normalized spacial score (nSPS) is 12.7. The zero-order chi connectivity index (χ0) is 16.2. The summed E-state index contributed by atoms with van der Waals surface area (Å²) in [5.74, 6) is 0. The highest BCUT2D eigenvalue weighted by atomic mass is 32.2. The number of nitrogens with one attached hydrogen (secondary N) is 1. The minimum absolute atomic E-state index is 0.134. The fraction of sp³-hybridized carbons (Fsp3) is 0.200. The molecule has 7 heteroatoms. The SMILES string of the molecule is Cc1ccc(C(NSc2cncc(C#N)c2)C(F)(F)F)cc1. The van der Waals surface area contributed by atoms with Gasteiger partial charge in [0.25, 0.3) is 0 Å². The van der Waals surface area contributed by atoms with Crippen LogP contribution in [0.4, 0.5) is 13.2 Å². The summed E-state index contributed by atoms with van der Waals surface area (Å²) < 4.78 is 42.0. The Morgan fingerprint density at radius 2 is 1.91 bits per heavy atom. The van der Waals surface area contributed by atoms with Crippen molar-refractivity contribution in [3.63, 3.8) is 0 Å². The summed E-state index contributed by atoms with van der Waals surface area (Å²) in [5.41, 5.74) is 1.32. The van der Waals surface area contributed by atoms with E-state index in [1.165, 1.54) is 30.6 Å². The number of rotatable bonds is 4. The molecule has 0 spiro atoms. The summed E-state index contributed by atoms with van der Waals surface area (Å²) in [6.07, 6.45) is -1.67. The maximum Gasteiger partial charge on any atom is 0.408 e. The third-order valence-electron chi connectivity index (χ3n) is 2.87. The molecule has 22 heavy (non-hydrogen) atoms. The van der Waals surface area contributed by atoms with Crippen molar-refractivity contribution in [1.29, 1.82) is 5.26 Å². The van der Waals surface area contributed by atoms with E-state index in [2.05, 4.69) is 9.71 Å². The molecule has 0 fully saturated rings. The molecule has 0 aliphatic carbocycles. The van der Waals surface area contributed by atoms with Crippen LogP contribution in [0.25, 0.3) is 0 Å². The fourth-order valence-corrected chi connectivity index (χ4v) is 2.57. The van der Waals surface area contributed by atoms with Gasteiger partial charge in [-0.2, -0.15) is 18.4 Å². The molecule has 0 aliphatic heterocycles. The second kappa shape index (κ2) is 6.81. The number of halogens is 3. The van der Waals surface area contributed by atoms with Gasteiger partial charge in [0.05, 0.1) is 5.56 Å². The van der Waals surface area contributed by atoms with Crippen molar-refractivity contribution < 1.29 is 13.2 Å². The van der Waals surface area contributed by atoms with Crippen molar-refractivity contribution in [2.45, 2.75) is 24.0 Å². The lowest BCUT2D eigenvalue weighted by atomic mass is 10.1. The van der Waals surface area contributed by atoms with Crippen LogP contribution >= 0.6 is 11.9 Å². The van der Waals surface area contributed by atoms with Crippen LogP contribution in [0.5, 0.6) is 0 Å². The summed E-state index contributed by atoms with van der Waals surface area (Å²) in [4.78, 5) is 4.26. The van der Waals surface area contributed by atoms with Crippen molar-refractivity contribution in [3.05, 3.63) is 59.4 Å². The topological polar surface area (TPSA) is 48.7 Å². The van der Waals surface area contributed by atoms with Gasteiger partial charge in [-0.3, -0.25) is 4.98 Å². The van der Waals surface area contributed by atoms with Crippen LogP contribution in [0.3, 0.4) is 0 Å². The van der Waals surface area contributed by atoms with Gasteiger partial charge in [0.1, 0.15) is 12.1 Å². The van der Waals surface area contributed by atoms with Gasteiger partial charge in [0.2, 0.25) is 0 Å². The van der Waals surface area contributed by atoms with Crippen molar-refractivity contribution in [3.8, 4) is 6.07 Å². The molecule has 0 saturated heterocycles. The summed E-state index contributed by atoms with van der Waals surface area (Å²) in [6, 6.07) is 7.75. The number of aryl methyl sites for hydroxylation is 1. The van der Waals surface area contributed by atoms with E-state index in [-0.39, 0.29) is 5.56 Å². The lowest BCUT2D eigenvalue weighted by Crippen LogP contribution is -2.30. The quantitative estimate of drug-likeness (QED) is 0.858. The number of hydrogen-bond donors (Lipinski definition) is 1. The highest BCUT2D eigenvalue weighted by molar-refractivity contribution is 7.97. The average molecular weight is 323 g/mol. The molecule has 1 atom stereocenters. The molecule has 0 amide bonds. The fourth-order valence-electron chi connectivity index (χ4n) is 1.75. The molecule has 1 N–H and O–H groups in total. The first-order valence-electron chi connectivity index (χ1n) is 6.31. The number of pyridine rings is 1. The van der Waals surface area contributed by atoms with Gasteiger partial charge >= 0.3 is 6.18 Å². The molecule has 1 unspecified atom stereocenters. The highest BCUT2D eigenvalue weighted by Crippen LogP contribution is 2.35. The standard InChI is InChI=1S/C15H12F3N3S/c1-10-2-4-12(5-3-10)14(15(16,17)18)21-22-13-6-11(7-19)8-20-9-13/h2-6,8-9,14,21H,1H3. The van der Waals surface area contributed by atoms with Crippen molar-refractivity contribution in [2.75, 3.05) is 0 Å². The number of alkyl halides is 3. The van der Waals surface area contributed by atoms with Gasteiger partial charge in [-0.05, 0) is 30.5 Å². The Labute approximate surface area is 130 Å². The minimum atomic E-state index is -4.43. The maximum absolute atomic E-state index is 13.2. The van der Waals surface area contributed by atoms with Crippen LogP contribution in [0.15, 0.2) is 47.6 Å². The molecule has 2 rings (SSSR count). The first-order chi connectivity index (χ1) is 10.4. The van der Waals surface area contributed by atoms with Crippen LogP contribution in [0.2, 0.25) is 0 Å². The summed E-state index contributed by atoms with van der Waals surface area (Å²) in [5, 5.41) is 8.77. The van der Waals surface area contributed by atoms with E-state index in [1.807, 2.05) is 13.0 Å². The molecule has 1 heterocycles. The number of nitriles is 1. The molecule has 3 nitrogen and oxygen atoms in total. The molecule has 114 valence electrons. The number of benzene rings is 1. The molecular formula is C15H12F3N3S. The molecule has 1 aromatic heterocycles. The lowest BCUT2D eigenvalue weighted by molar-refractivity contribution is -0.152. The predicted molar refractivity (Wildman–Crippen MR) is 77.9 cm³/mol. The monoisotopic (exact) mass is 323 g/mol. The molecule has 0 aliphatic rings. The van der Waals surface area contributed by atoms with E-state index in [1.54, 1.807) is 12.1 Å². The van der Waals surface area contributed by atoms with E-state index in [0.717, 1.165) is 17.5 Å². The van der Waals surface area contributed by atoms with Gasteiger partial charge in [0, 0.05) is 17.3 Å². The summed E-state index contributed by atoms with van der Waals surface area (Å²) in [7, 11) is 0. The Morgan fingerprint density at radius 3 is 2.50 bits per heavy atom. The Kier molecular flexibility index (Phi) is 5.06. The Bertz CT molecular complexity index is 678. The van der Waals surface area contributed by atoms with E-state index in [0.29, 0.717) is 10.5 Å². The molecule has 0 bridgehead atoms. The molecule has 2 aromatic rings. The molecular weight excluding hydrogens is 311 g/mol. The average Bonchev–Trinajstić information content (AvgIpc) is 2.48. The van der Waals surface area contributed by atoms with E-state index in [9.17, 15) is 13.2 Å². The molecule has 0 radical (unpaired) electrons. The van der Waals surface area contributed by atoms with Gasteiger partial charge in [-0.1, -0.05) is 29.8 Å². The lowest BCUT2D eigenvalue weighted by Gasteiger charge is -2.21. The van der Waals surface area contributed by atoms with Gasteiger partial charge in [-0.15, -0.1) is 0 Å². The first kappa shape index (κ1) is 16.3. The van der Waals surface area contributed by atoms with Crippen LogP contribution in [-0.2, 0) is 0 Å². The maximum atomic E-state index is 13.2. The van der Waals surface area contributed by atoms with Crippen molar-refractivity contribution in [1.82, 2.24) is 9.71 Å². The van der Waals surface area contributed by atoms with Crippen LogP contribution < -0.4 is 4.72 Å².